The fourth-order valence-corrected chi connectivity index (χ4v) is 2.45. The lowest BCUT2D eigenvalue weighted by Gasteiger charge is -2.29. The van der Waals surface area contributed by atoms with Crippen molar-refractivity contribution in [1.82, 2.24) is 14.5 Å². The Labute approximate surface area is 116 Å². The number of nitrogens with zero attached hydrogens (tertiary/aromatic N) is 3. The van der Waals surface area contributed by atoms with E-state index in [-0.39, 0.29) is 0 Å². The summed E-state index contributed by atoms with van der Waals surface area (Å²) in [6.07, 6.45) is 7.35. The first-order chi connectivity index (χ1) is 9.29. The molecule has 1 aromatic heterocycles. The van der Waals surface area contributed by atoms with Crippen LogP contribution in [0.25, 0.3) is 0 Å². The summed E-state index contributed by atoms with van der Waals surface area (Å²) in [6, 6.07) is 0.559. The fraction of sp³-hybridized carbons (Fsp3) is 0.786. The number of nitrogens with one attached hydrogen (secondary N) is 1. The number of imidazole rings is 1. The van der Waals surface area contributed by atoms with Crippen molar-refractivity contribution in [2.45, 2.75) is 38.8 Å². The van der Waals surface area contributed by atoms with Crippen LogP contribution in [0.15, 0.2) is 12.4 Å². The second-order valence-electron chi connectivity index (χ2n) is 5.22. The first-order valence-electron chi connectivity index (χ1n) is 7.33. The zero-order valence-corrected chi connectivity index (χ0v) is 12.1. The van der Waals surface area contributed by atoms with Crippen molar-refractivity contribution >= 4 is 5.95 Å². The van der Waals surface area contributed by atoms with E-state index in [1.54, 1.807) is 0 Å². The maximum atomic E-state index is 5.37. The molecule has 1 saturated heterocycles. The molecule has 108 valence electrons. The highest BCUT2D eigenvalue weighted by atomic mass is 16.5. The van der Waals surface area contributed by atoms with E-state index in [0.29, 0.717) is 6.04 Å². The third-order valence-corrected chi connectivity index (χ3v) is 3.66. The molecule has 1 aliphatic heterocycles. The molecule has 0 aromatic carbocycles. The molecule has 0 spiro atoms. The Morgan fingerprint density at radius 1 is 1.42 bits per heavy atom. The van der Waals surface area contributed by atoms with Gasteiger partial charge >= 0.3 is 0 Å². The van der Waals surface area contributed by atoms with Crippen LogP contribution in [0, 0.1) is 0 Å². The van der Waals surface area contributed by atoms with Crippen LogP contribution in [-0.2, 0) is 11.3 Å². The number of aromatic nitrogens is 2. The third-order valence-electron chi connectivity index (χ3n) is 3.66. The number of hydrogen-bond donors (Lipinski definition) is 1. The summed E-state index contributed by atoms with van der Waals surface area (Å²) in [5.41, 5.74) is 0. The van der Waals surface area contributed by atoms with Gasteiger partial charge in [-0.2, -0.15) is 0 Å². The van der Waals surface area contributed by atoms with E-state index in [1.165, 1.54) is 25.9 Å². The molecule has 1 fully saturated rings. The van der Waals surface area contributed by atoms with Gasteiger partial charge in [0.2, 0.25) is 5.95 Å². The quantitative estimate of drug-likeness (QED) is 0.764. The van der Waals surface area contributed by atoms with Crippen LogP contribution in [0.2, 0.25) is 0 Å². The van der Waals surface area contributed by atoms with Crippen LogP contribution >= 0.6 is 0 Å². The van der Waals surface area contributed by atoms with E-state index in [0.717, 1.165) is 32.1 Å². The van der Waals surface area contributed by atoms with Crippen LogP contribution in [0.5, 0.6) is 0 Å². The van der Waals surface area contributed by atoms with E-state index >= 15 is 0 Å². The molecule has 0 aliphatic carbocycles. The van der Waals surface area contributed by atoms with Crippen LogP contribution < -0.4 is 5.32 Å². The Morgan fingerprint density at radius 2 is 2.21 bits per heavy atom. The van der Waals surface area contributed by atoms with Gasteiger partial charge in [-0.05, 0) is 46.3 Å². The number of piperidine rings is 1. The topological polar surface area (TPSA) is 42.3 Å². The minimum atomic E-state index is 0.559. The molecule has 1 aromatic rings. The van der Waals surface area contributed by atoms with E-state index in [1.807, 2.05) is 19.3 Å². The van der Waals surface area contributed by atoms with Crippen molar-refractivity contribution in [2.24, 2.45) is 0 Å². The van der Waals surface area contributed by atoms with Gasteiger partial charge in [0.25, 0.3) is 0 Å². The van der Waals surface area contributed by atoms with E-state index < -0.39 is 0 Å². The maximum absolute atomic E-state index is 5.37. The number of rotatable bonds is 7. The molecular formula is C14H26N4O. The largest absolute Gasteiger partial charge is 0.382 e. The Morgan fingerprint density at radius 3 is 2.95 bits per heavy atom. The van der Waals surface area contributed by atoms with Crippen molar-refractivity contribution in [2.75, 3.05) is 38.7 Å². The lowest BCUT2D eigenvalue weighted by molar-refractivity contribution is 0.142. The molecule has 1 N–H and O–H groups in total. The molecule has 5 nitrogen and oxygen atoms in total. The molecule has 0 atom stereocenters. The van der Waals surface area contributed by atoms with Gasteiger partial charge in [0, 0.05) is 38.2 Å². The Kier molecular flexibility index (Phi) is 5.66. The molecule has 0 saturated carbocycles. The van der Waals surface area contributed by atoms with Crippen LogP contribution in [0.3, 0.4) is 0 Å². The fourth-order valence-electron chi connectivity index (χ4n) is 2.45. The van der Waals surface area contributed by atoms with Crippen LogP contribution in [-0.4, -0.2) is 53.8 Å². The first kappa shape index (κ1) is 14.3. The third kappa shape index (κ3) is 4.51. The van der Waals surface area contributed by atoms with E-state index in [4.69, 9.17) is 4.74 Å². The standard InChI is InChI=1S/C14H26N4O/c1-3-19-12-4-8-18-11-7-15-14(18)16-13-5-9-17(2)10-6-13/h7,11,13H,3-6,8-10,12H2,1-2H3,(H,15,16). The molecule has 2 heterocycles. The van der Waals surface area contributed by atoms with Crippen molar-refractivity contribution in [3.05, 3.63) is 12.4 Å². The lowest BCUT2D eigenvalue weighted by Crippen LogP contribution is -2.37. The highest BCUT2D eigenvalue weighted by molar-refractivity contribution is 5.27. The van der Waals surface area contributed by atoms with E-state index in [2.05, 4.69) is 26.8 Å². The van der Waals surface area contributed by atoms with E-state index in [9.17, 15) is 0 Å². The summed E-state index contributed by atoms with van der Waals surface area (Å²) in [6.45, 7) is 6.96. The van der Waals surface area contributed by atoms with Gasteiger partial charge in [-0.1, -0.05) is 0 Å². The molecule has 5 heteroatoms. The van der Waals surface area contributed by atoms with Crippen molar-refractivity contribution in [3.8, 4) is 0 Å². The Hall–Kier alpha value is -1.07. The van der Waals surface area contributed by atoms with Crippen molar-refractivity contribution < 1.29 is 4.74 Å². The predicted octanol–water partition coefficient (Wildman–Crippen LogP) is 1.82. The zero-order valence-electron chi connectivity index (χ0n) is 12.1. The summed E-state index contributed by atoms with van der Waals surface area (Å²) in [5.74, 6) is 1.01. The van der Waals surface area contributed by atoms with Gasteiger partial charge in [0.05, 0.1) is 0 Å². The molecule has 0 amide bonds. The Balaban J connectivity index is 1.78. The van der Waals surface area contributed by atoms with Crippen LogP contribution in [0.1, 0.15) is 26.2 Å². The minimum Gasteiger partial charge on any atom is -0.382 e. The number of anilines is 1. The molecule has 19 heavy (non-hydrogen) atoms. The zero-order chi connectivity index (χ0) is 13.5. The number of ether oxygens (including phenoxy) is 1. The van der Waals surface area contributed by atoms with Gasteiger partial charge in [0.1, 0.15) is 0 Å². The average Bonchev–Trinajstić information content (AvgIpc) is 2.85. The number of likely N-dealkylation sites (tertiary alicyclic amines) is 1. The summed E-state index contributed by atoms with van der Waals surface area (Å²) in [4.78, 5) is 6.81. The monoisotopic (exact) mass is 266 g/mol. The van der Waals surface area contributed by atoms with Gasteiger partial charge in [-0.15, -0.1) is 0 Å². The highest BCUT2D eigenvalue weighted by Crippen LogP contribution is 2.14. The summed E-state index contributed by atoms with van der Waals surface area (Å²) in [5, 5.41) is 3.58. The molecular weight excluding hydrogens is 240 g/mol. The highest BCUT2D eigenvalue weighted by Gasteiger charge is 2.17. The summed E-state index contributed by atoms with van der Waals surface area (Å²) >= 11 is 0. The Bertz CT molecular complexity index is 358. The first-order valence-corrected chi connectivity index (χ1v) is 7.33. The molecule has 0 bridgehead atoms. The van der Waals surface area contributed by atoms with Gasteiger partial charge in [-0.25, -0.2) is 4.98 Å². The van der Waals surface area contributed by atoms with Gasteiger partial charge in [0.15, 0.2) is 0 Å². The SMILES string of the molecule is CCOCCCn1ccnc1NC1CCN(C)CC1. The second-order valence-corrected chi connectivity index (χ2v) is 5.22. The van der Waals surface area contributed by atoms with Crippen molar-refractivity contribution in [1.29, 1.82) is 0 Å². The molecule has 1 aliphatic rings. The van der Waals surface area contributed by atoms with Gasteiger partial charge in [-0.3, -0.25) is 0 Å². The smallest absolute Gasteiger partial charge is 0.202 e. The van der Waals surface area contributed by atoms with Crippen LogP contribution in [0.4, 0.5) is 5.95 Å². The molecule has 0 unspecified atom stereocenters. The number of aryl methyl sites for hydroxylation is 1. The summed E-state index contributed by atoms with van der Waals surface area (Å²) < 4.78 is 7.57. The molecule has 0 radical (unpaired) electrons. The lowest BCUT2D eigenvalue weighted by atomic mass is 10.1. The predicted molar refractivity (Wildman–Crippen MR) is 77.5 cm³/mol. The normalized spacial score (nSPS) is 17.8. The minimum absolute atomic E-state index is 0.559. The molecule has 2 rings (SSSR count). The average molecular weight is 266 g/mol. The van der Waals surface area contributed by atoms with Gasteiger partial charge < -0.3 is 19.5 Å². The maximum Gasteiger partial charge on any atom is 0.202 e. The summed E-state index contributed by atoms with van der Waals surface area (Å²) in [7, 11) is 2.19. The second kappa shape index (κ2) is 7.50. The number of hydrogen-bond acceptors (Lipinski definition) is 4. The van der Waals surface area contributed by atoms with Crippen molar-refractivity contribution in [3.63, 3.8) is 0 Å².